The van der Waals surface area contributed by atoms with Crippen molar-refractivity contribution < 1.29 is 33.4 Å². The molecule has 0 aliphatic carbocycles. The zero-order chi connectivity index (χ0) is 21.7. The first-order valence-electron chi connectivity index (χ1n) is 8.98. The third kappa shape index (κ3) is 5.18. The predicted octanol–water partition coefficient (Wildman–Crippen LogP) is 3.92. The van der Waals surface area contributed by atoms with Crippen LogP contribution in [0.25, 0.3) is 6.08 Å². The van der Waals surface area contributed by atoms with Gasteiger partial charge in [0.25, 0.3) is 11.1 Å². The molecule has 2 aromatic rings. The van der Waals surface area contributed by atoms with E-state index in [1.54, 1.807) is 31.2 Å². The van der Waals surface area contributed by atoms with E-state index in [9.17, 15) is 18.8 Å². The average Bonchev–Trinajstić information content (AvgIpc) is 2.96. The molecule has 0 saturated carbocycles. The molecule has 0 radical (unpaired) electrons. The molecular formula is C21H18FNO6S. The second-order valence-corrected chi connectivity index (χ2v) is 7.21. The first-order chi connectivity index (χ1) is 14.4. The molecule has 30 heavy (non-hydrogen) atoms. The van der Waals surface area contributed by atoms with Crippen LogP contribution in [0.1, 0.15) is 18.1 Å². The normalized spacial score (nSPS) is 15.0. The Balaban J connectivity index is 1.79. The molecule has 1 fully saturated rings. The lowest BCUT2D eigenvalue weighted by Gasteiger charge is -2.12. The second kappa shape index (κ2) is 9.45. The zero-order valence-corrected chi connectivity index (χ0v) is 16.8. The number of carbonyl (C=O) groups is 3. The van der Waals surface area contributed by atoms with Gasteiger partial charge in [-0.2, -0.15) is 0 Å². The summed E-state index contributed by atoms with van der Waals surface area (Å²) < 4.78 is 23.7. The van der Waals surface area contributed by atoms with Crippen LogP contribution in [0, 0.1) is 5.82 Å². The van der Waals surface area contributed by atoms with Gasteiger partial charge in [-0.25, -0.2) is 9.18 Å². The number of imide groups is 1. The molecule has 0 spiro atoms. The lowest BCUT2D eigenvalue weighted by Crippen LogP contribution is -2.27. The number of ether oxygens (including phenoxy) is 2. The minimum absolute atomic E-state index is 0.0500. The number of amides is 2. The summed E-state index contributed by atoms with van der Waals surface area (Å²) in [4.78, 5) is 37.0. The van der Waals surface area contributed by atoms with Crippen molar-refractivity contribution in [3.8, 4) is 11.5 Å². The standard InChI is InChI=1S/C21H18FNO6S/c1-2-28-17-9-14(5-8-16(17)29-12-19(24)25)10-18-20(26)23(21(27)30-18)11-13-3-6-15(22)7-4-13/h3-10H,2,11-12H2,1H3,(H,24,25). The Bertz CT molecular complexity index is 1010. The first-order valence-corrected chi connectivity index (χ1v) is 9.80. The van der Waals surface area contributed by atoms with Crippen molar-refractivity contribution in [3.05, 3.63) is 64.3 Å². The summed E-state index contributed by atoms with van der Waals surface area (Å²) in [6.07, 6.45) is 1.55. The zero-order valence-electron chi connectivity index (χ0n) is 16.0. The van der Waals surface area contributed by atoms with Crippen LogP contribution in [0.4, 0.5) is 9.18 Å². The fourth-order valence-corrected chi connectivity index (χ4v) is 3.54. The highest BCUT2D eigenvalue weighted by molar-refractivity contribution is 8.18. The second-order valence-electron chi connectivity index (χ2n) is 6.22. The minimum Gasteiger partial charge on any atom is -0.490 e. The Labute approximate surface area is 176 Å². The molecule has 9 heteroatoms. The smallest absolute Gasteiger partial charge is 0.341 e. The number of thioether (sulfide) groups is 1. The highest BCUT2D eigenvalue weighted by Gasteiger charge is 2.35. The van der Waals surface area contributed by atoms with Gasteiger partial charge in [-0.05, 0) is 60.2 Å². The summed E-state index contributed by atoms with van der Waals surface area (Å²) in [5, 5.41) is 8.35. The van der Waals surface area contributed by atoms with Crippen LogP contribution in [0.5, 0.6) is 11.5 Å². The molecule has 7 nitrogen and oxygen atoms in total. The van der Waals surface area contributed by atoms with E-state index < -0.39 is 29.5 Å². The van der Waals surface area contributed by atoms with Gasteiger partial charge in [-0.15, -0.1) is 0 Å². The van der Waals surface area contributed by atoms with Gasteiger partial charge in [-0.3, -0.25) is 14.5 Å². The number of halogens is 1. The maximum atomic E-state index is 13.1. The highest BCUT2D eigenvalue weighted by atomic mass is 32.2. The summed E-state index contributed by atoms with van der Waals surface area (Å²) in [7, 11) is 0. The number of carbonyl (C=O) groups excluding carboxylic acids is 2. The van der Waals surface area contributed by atoms with E-state index >= 15 is 0 Å². The van der Waals surface area contributed by atoms with Crippen LogP contribution in [0.15, 0.2) is 47.4 Å². The number of rotatable bonds is 8. The Morgan fingerprint density at radius 1 is 1.13 bits per heavy atom. The van der Waals surface area contributed by atoms with Gasteiger partial charge in [0.05, 0.1) is 18.1 Å². The fraction of sp³-hybridized carbons (Fsp3) is 0.190. The molecule has 0 bridgehead atoms. The van der Waals surface area contributed by atoms with Gasteiger partial charge in [0.2, 0.25) is 0 Å². The summed E-state index contributed by atoms with van der Waals surface area (Å²) in [5.74, 6) is -1.36. The third-order valence-electron chi connectivity index (χ3n) is 4.04. The van der Waals surface area contributed by atoms with Crippen LogP contribution in [0.3, 0.4) is 0 Å². The van der Waals surface area contributed by atoms with Gasteiger partial charge in [0.15, 0.2) is 18.1 Å². The van der Waals surface area contributed by atoms with Crippen molar-refractivity contribution in [2.75, 3.05) is 13.2 Å². The van der Waals surface area contributed by atoms with Gasteiger partial charge in [0, 0.05) is 0 Å². The largest absolute Gasteiger partial charge is 0.490 e. The molecule has 3 rings (SSSR count). The van der Waals surface area contributed by atoms with Crippen LogP contribution in [-0.2, 0) is 16.1 Å². The summed E-state index contributed by atoms with van der Waals surface area (Å²) in [6.45, 7) is 1.64. The van der Waals surface area contributed by atoms with E-state index in [0.29, 0.717) is 23.5 Å². The van der Waals surface area contributed by atoms with E-state index in [4.69, 9.17) is 14.6 Å². The van der Waals surface area contributed by atoms with Crippen molar-refractivity contribution in [2.45, 2.75) is 13.5 Å². The number of benzene rings is 2. The quantitative estimate of drug-likeness (QED) is 0.633. The molecule has 0 unspecified atom stereocenters. The molecule has 2 aromatic carbocycles. The fourth-order valence-electron chi connectivity index (χ4n) is 2.70. The van der Waals surface area contributed by atoms with Gasteiger partial charge < -0.3 is 14.6 Å². The Morgan fingerprint density at radius 2 is 1.87 bits per heavy atom. The molecule has 1 heterocycles. The minimum atomic E-state index is -1.11. The van der Waals surface area contributed by atoms with E-state index in [1.165, 1.54) is 24.3 Å². The van der Waals surface area contributed by atoms with E-state index in [1.807, 2.05) is 0 Å². The topological polar surface area (TPSA) is 93.1 Å². The average molecular weight is 431 g/mol. The van der Waals surface area contributed by atoms with Crippen molar-refractivity contribution in [1.29, 1.82) is 0 Å². The number of hydrogen-bond acceptors (Lipinski definition) is 6. The van der Waals surface area contributed by atoms with E-state index in [-0.39, 0.29) is 17.2 Å². The van der Waals surface area contributed by atoms with Gasteiger partial charge >= 0.3 is 5.97 Å². The van der Waals surface area contributed by atoms with Gasteiger partial charge in [0.1, 0.15) is 5.82 Å². The molecule has 1 aliphatic rings. The third-order valence-corrected chi connectivity index (χ3v) is 4.95. The van der Waals surface area contributed by atoms with E-state index in [0.717, 1.165) is 16.7 Å². The Morgan fingerprint density at radius 3 is 2.53 bits per heavy atom. The lowest BCUT2D eigenvalue weighted by molar-refractivity contribution is -0.139. The van der Waals surface area contributed by atoms with Crippen LogP contribution >= 0.6 is 11.8 Å². The SMILES string of the molecule is CCOc1cc(C=C2SC(=O)N(Cc3ccc(F)cc3)C2=O)ccc1OCC(=O)O. The maximum Gasteiger partial charge on any atom is 0.341 e. The number of carboxylic acids is 1. The number of hydrogen-bond donors (Lipinski definition) is 1. The molecule has 1 saturated heterocycles. The monoisotopic (exact) mass is 431 g/mol. The lowest BCUT2D eigenvalue weighted by atomic mass is 10.1. The number of nitrogens with zero attached hydrogens (tertiary/aromatic N) is 1. The van der Waals surface area contributed by atoms with E-state index in [2.05, 4.69) is 0 Å². The van der Waals surface area contributed by atoms with Crippen molar-refractivity contribution >= 4 is 35.0 Å². The Kier molecular flexibility index (Phi) is 6.73. The molecule has 1 N–H and O–H groups in total. The summed E-state index contributed by atoms with van der Waals surface area (Å²) in [6, 6.07) is 10.4. The van der Waals surface area contributed by atoms with Crippen LogP contribution in [0.2, 0.25) is 0 Å². The van der Waals surface area contributed by atoms with Crippen molar-refractivity contribution in [3.63, 3.8) is 0 Å². The Hall–Kier alpha value is -3.33. The van der Waals surface area contributed by atoms with Crippen molar-refractivity contribution in [1.82, 2.24) is 4.90 Å². The van der Waals surface area contributed by atoms with Gasteiger partial charge in [-0.1, -0.05) is 18.2 Å². The molecule has 2 amide bonds. The highest BCUT2D eigenvalue weighted by Crippen LogP contribution is 2.35. The summed E-state index contributed by atoms with van der Waals surface area (Å²) >= 11 is 0.811. The predicted molar refractivity (Wildman–Crippen MR) is 109 cm³/mol. The maximum absolute atomic E-state index is 13.1. The molecule has 1 aliphatic heterocycles. The molecule has 0 atom stereocenters. The molecule has 156 valence electrons. The number of carboxylic acid groups (broad SMARTS) is 1. The van der Waals surface area contributed by atoms with Crippen molar-refractivity contribution in [2.24, 2.45) is 0 Å². The molecule has 0 aromatic heterocycles. The summed E-state index contributed by atoms with van der Waals surface area (Å²) in [5.41, 5.74) is 1.23. The van der Waals surface area contributed by atoms with Crippen LogP contribution in [-0.4, -0.2) is 40.3 Å². The first kappa shape index (κ1) is 21.4. The number of aliphatic carboxylic acids is 1. The molecular weight excluding hydrogens is 413 g/mol. The van der Waals surface area contributed by atoms with Crippen LogP contribution < -0.4 is 9.47 Å².